The summed E-state index contributed by atoms with van der Waals surface area (Å²) in [6.45, 7) is 4.75. The second kappa shape index (κ2) is 71.9. The molecule has 0 spiro atoms. The Balaban J connectivity index is 5.30. The summed E-state index contributed by atoms with van der Waals surface area (Å²) in [5.74, 6) is -2.18. The quantitative estimate of drug-likeness (QED) is 0.0169. The van der Waals surface area contributed by atoms with Crippen LogP contribution in [0.15, 0.2) is 72.9 Å². The molecular weight excluding hydrogens is 1280 g/mol. The highest BCUT2D eigenvalue weighted by Gasteiger charge is 2.30. The highest BCUT2D eigenvalue weighted by atomic mass is 31.2. The van der Waals surface area contributed by atoms with Crippen LogP contribution in [0.25, 0.3) is 0 Å². The third-order valence-corrected chi connectivity index (χ3v) is 18.6. The van der Waals surface area contributed by atoms with Gasteiger partial charge in [-0.1, -0.05) is 280 Å². The van der Waals surface area contributed by atoms with Crippen LogP contribution >= 0.6 is 15.6 Å². The first-order chi connectivity index (χ1) is 47.7. The lowest BCUT2D eigenvalue weighted by molar-refractivity contribution is -0.161. The molecule has 0 fully saturated rings. The second-order valence-electron chi connectivity index (χ2n) is 26.3. The van der Waals surface area contributed by atoms with Crippen molar-refractivity contribution < 1.29 is 80.2 Å². The molecule has 3 N–H and O–H groups in total. The van der Waals surface area contributed by atoms with Gasteiger partial charge in [-0.25, -0.2) is 9.13 Å². The summed E-state index contributed by atoms with van der Waals surface area (Å²) in [4.78, 5) is 72.8. The summed E-state index contributed by atoms with van der Waals surface area (Å²) in [5, 5.41) is 10.6. The zero-order chi connectivity index (χ0) is 71.8. The lowest BCUT2D eigenvalue weighted by Crippen LogP contribution is -2.30. The fourth-order valence-corrected chi connectivity index (χ4v) is 12.3. The molecule has 0 saturated heterocycles. The number of allylic oxidation sites excluding steroid dienone is 12. The lowest BCUT2D eigenvalue weighted by atomic mass is 10.1. The summed E-state index contributed by atoms with van der Waals surface area (Å²) >= 11 is 0. The average molecular weight is 1430 g/mol. The van der Waals surface area contributed by atoms with Crippen LogP contribution in [0.5, 0.6) is 0 Å². The maximum absolute atomic E-state index is 13.1. The minimum Gasteiger partial charge on any atom is -0.462 e. The van der Waals surface area contributed by atoms with Gasteiger partial charge in [0.15, 0.2) is 12.2 Å². The SMILES string of the molecule is CC/C=C\C/C=C\C/C=C\C/C=C\CCCCCCCCC(=O)OCC(COP(=O)(O)OCC(O)COP(=O)(O)OCC(COC(=O)CCCCCCC/C=C\CCCCCCCC)OC(=O)CCCCCCCCCCCCC)OC(=O)CCCCCCC/C=C\CCCCCC. The van der Waals surface area contributed by atoms with Gasteiger partial charge in [0.2, 0.25) is 0 Å². The Kier molecular flexibility index (Phi) is 69.3. The van der Waals surface area contributed by atoms with Gasteiger partial charge in [-0.15, -0.1) is 0 Å². The summed E-state index contributed by atoms with van der Waals surface area (Å²) in [7, 11) is -9.94. The van der Waals surface area contributed by atoms with Crippen LogP contribution in [0.1, 0.15) is 349 Å². The Bertz CT molecular complexity index is 2140. The van der Waals surface area contributed by atoms with Crippen molar-refractivity contribution in [2.75, 3.05) is 39.6 Å². The standard InChI is InChI=1S/C79H142O17P2/c1-5-9-13-17-21-25-29-32-34-35-36-37-39-42-45-48-52-56-60-64-77(82)90-70-75(96-79(84)66-62-58-54-50-46-40-31-27-23-19-15-11-7-3)72-94-98(87,88)92-68-73(80)67-91-97(85,86)93-71-74(95-78(83)65-61-57-53-49-43-28-24-20-16-12-8-4)69-89-76(81)63-59-55-51-47-44-41-38-33-30-26-22-18-14-10-6-2/h9,13,21,25,27,31-34,36-38,73-75,80H,5-8,10-12,14-20,22-24,26,28-30,35,39-72H2,1-4H3,(H,85,86)(H,87,88)/b13-9-,25-21-,31-27-,34-32-,37-36-,38-33-. The van der Waals surface area contributed by atoms with Crippen molar-refractivity contribution in [2.24, 2.45) is 0 Å². The average Bonchev–Trinajstić information content (AvgIpc) is 0.972. The van der Waals surface area contributed by atoms with Gasteiger partial charge in [0.05, 0.1) is 26.4 Å². The minimum atomic E-state index is -4.97. The van der Waals surface area contributed by atoms with E-state index in [2.05, 4.69) is 101 Å². The number of hydrogen-bond donors (Lipinski definition) is 3. The number of esters is 4. The maximum Gasteiger partial charge on any atom is 0.472 e. The van der Waals surface area contributed by atoms with Crippen LogP contribution < -0.4 is 0 Å². The van der Waals surface area contributed by atoms with Gasteiger partial charge in [-0.05, 0) is 116 Å². The molecular formula is C79H142O17P2. The van der Waals surface area contributed by atoms with E-state index in [4.69, 9.17) is 37.0 Å². The largest absolute Gasteiger partial charge is 0.472 e. The Morgan fingerprint density at radius 2 is 0.531 bits per heavy atom. The number of rotatable bonds is 74. The molecule has 570 valence electrons. The smallest absolute Gasteiger partial charge is 0.462 e. The molecule has 0 aromatic heterocycles. The van der Waals surface area contributed by atoms with Gasteiger partial charge in [-0.3, -0.25) is 37.3 Å². The normalized spacial score (nSPS) is 14.3. The topological polar surface area (TPSA) is 237 Å². The number of carbonyl (C=O) groups is 4. The Morgan fingerprint density at radius 3 is 0.837 bits per heavy atom. The van der Waals surface area contributed by atoms with E-state index in [0.29, 0.717) is 25.7 Å². The predicted molar refractivity (Wildman–Crippen MR) is 400 cm³/mol. The second-order valence-corrected chi connectivity index (χ2v) is 29.2. The molecule has 0 radical (unpaired) electrons. The van der Waals surface area contributed by atoms with Crippen molar-refractivity contribution in [3.05, 3.63) is 72.9 Å². The van der Waals surface area contributed by atoms with E-state index in [-0.39, 0.29) is 25.7 Å². The lowest BCUT2D eigenvalue weighted by Gasteiger charge is -2.21. The number of phosphoric acid groups is 2. The van der Waals surface area contributed by atoms with Crippen LogP contribution in [0.4, 0.5) is 0 Å². The molecule has 98 heavy (non-hydrogen) atoms. The first-order valence-corrected chi connectivity index (χ1v) is 42.2. The van der Waals surface area contributed by atoms with Gasteiger partial charge in [0, 0.05) is 25.7 Å². The van der Waals surface area contributed by atoms with E-state index in [9.17, 15) is 43.2 Å². The highest BCUT2D eigenvalue weighted by Crippen LogP contribution is 2.45. The molecule has 0 bridgehead atoms. The van der Waals surface area contributed by atoms with Gasteiger partial charge in [0.25, 0.3) is 0 Å². The fourth-order valence-electron chi connectivity index (χ4n) is 10.7. The van der Waals surface area contributed by atoms with E-state index >= 15 is 0 Å². The van der Waals surface area contributed by atoms with Gasteiger partial charge in [0.1, 0.15) is 19.3 Å². The van der Waals surface area contributed by atoms with Crippen molar-refractivity contribution in [3.63, 3.8) is 0 Å². The molecule has 5 atom stereocenters. The van der Waals surface area contributed by atoms with Crippen LogP contribution in [0.3, 0.4) is 0 Å². The third kappa shape index (κ3) is 70.9. The Morgan fingerprint density at radius 1 is 0.296 bits per heavy atom. The number of unbranched alkanes of at least 4 members (excludes halogenated alkanes) is 36. The zero-order valence-corrected chi connectivity index (χ0v) is 64.0. The summed E-state index contributed by atoms with van der Waals surface area (Å²) < 4.78 is 68.5. The van der Waals surface area contributed by atoms with Gasteiger partial charge >= 0.3 is 39.5 Å². The van der Waals surface area contributed by atoms with Crippen molar-refractivity contribution >= 4 is 39.5 Å². The van der Waals surface area contributed by atoms with Crippen molar-refractivity contribution in [1.29, 1.82) is 0 Å². The molecule has 0 aromatic rings. The van der Waals surface area contributed by atoms with Crippen molar-refractivity contribution in [3.8, 4) is 0 Å². The van der Waals surface area contributed by atoms with Crippen LogP contribution in [-0.2, 0) is 65.4 Å². The third-order valence-electron chi connectivity index (χ3n) is 16.7. The van der Waals surface area contributed by atoms with Crippen molar-refractivity contribution in [2.45, 2.75) is 367 Å². The molecule has 0 saturated carbocycles. The van der Waals surface area contributed by atoms with E-state index in [1.807, 2.05) is 0 Å². The maximum atomic E-state index is 13.1. The molecule has 0 aliphatic heterocycles. The van der Waals surface area contributed by atoms with Gasteiger partial charge < -0.3 is 33.8 Å². The molecule has 5 unspecified atom stereocenters. The molecule has 0 heterocycles. The number of aliphatic hydroxyl groups excluding tert-OH is 1. The van der Waals surface area contributed by atoms with Gasteiger partial charge in [-0.2, -0.15) is 0 Å². The number of hydrogen-bond acceptors (Lipinski definition) is 15. The molecule has 0 amide bonds. The molecule has 0 aliphatic carbocycles. The number of ether oxygens (including phenoxy) is 4. The minimum absolute atomic E-state index is 0.0838. The molecule has 19 heteroatoms. The van der Waals surface area contributed by atoms with E-state index in [0.717, 1.165) is 167 Å². The van der Waals surface area contributed by atoms with Crippen LogP contribution in [-0.4, -0.2) is 96.7 Å². The highest BCUT2D eigenvalue weighted by molar-refractivity contribution is 7.47. The fraction of sp³-hybridized carbons (Fsp3) is 0.797. The molecule has 0 rings (SSSR count). The van der Waals surface area contributed by atoms with Crippen LogP contribution in [0, 0.1) is 0 Å². The van der Waals surface area contributed by atoms with Crippen LogP contribution in [0.2, 0.25) is 0 Å². The summed E-state index contributed by atoms with van der Waals surface area (Å²) in [6, 6.07) is 0. The molecule has 0 aliphatic rings. The predicted octanol–water partition coefficient (Wildman–Crippen LogP) is 22.4. The monoisotopic (exact) mass is 1420 g/mol. The number of carbonyl (C=O) groups excluding carboxylic acids is 4. The van der Waals surface area contributed by atoms with E-state index in [1.165, 1.54) is 103 Å². The Hall–Kier alpha value is -3.50. The summed E-state index contributed by atoms with van der Waals surface area (Å²) in [5.41, 5.74) is 0. The Labute approximate surface area is 596 Å². The van der Waals surface area contributed by atoms with E-state index in [1.54, 1.807) is 0 Å². The zero-order valence-electron chi connectivity index (χ0n) is 62.2. The first-order valence-electron chi connectivity index (χ1n) is 39.2. The number of phosphoric ester groups is 2. The number of aliphatic hydroxyl groups is 1. The molecule has 0 aromatic carbocycles. The molecule has 17 nitrogen and oxygen atoms in total. The van der Waals surface area contributed by atoms with Crippen molar-refractivity contribution in [1.82, 2.24) is 0 Å². The first kappa shape index (κ1) is 94.5. The summed E-state index contributed by atoms with van der Waals surface area (Å²) in [6.07, 6.45) is 71.7. The van der Waals surface area contributed by atoms with E-state index < -0.39 is 97.5 Å².